The van der Waals surface area contributed by atoms with Gasteiger partial charge in [-0.2, -0.15) is 4.31 Å². The first-order valence-corrected chi connectivity index (χ1v) is 15.8. The van der Waals surface area contributed by atoms with Crippen molar-refractivity contribution in [3.8, 4) is 5.75 Å². The van der Waals surface area contributed by atoms with Gasteiger partial charge in [-0.15, -0.1) is 0 Å². The van der Waals surface area contributed by atoms with E-state index in [2.05, 4.69) is 10.0 Å². The Morgan fingerprint density at radius 2 is 1.79 bits per heavy atom. The molecule has 4 rings (SSSR count). The van der Waals surface area contributed by atoms with Crippen molar-refractivity contribution in [3.05, 3.63) is 52.5 Å². The zero-order chi connectivity index (χ0) is 27.6. The van der Waals surface area contributed by atoms with Gasteiger partial charge in [0.15, 0.2) is 0 Å². The molecule has 1 spiro atoms. The summed E-state index contributed by atoms with van der Waals surface area (Å²) in [5.41, 5.74) is -0.420. The van der Waals surface area contributed by atoms with E-state index < -0.39 is 31.8 Å². The fraction of sp³-hybridized carbons (Fsp3) is 0.500. The molecule has 2 aliphatic heterocycles. The topological polar surface area (TPSA) is 134 Å². The molecule has 210 valence electrons. The van der Waals surface area contributed by atoms with Crippen LogP contribution in [0.4, 0.5) is 0 Å². The van der Waals surface area contributed by atoms with Crippen molar-refractivity contribution in [1.82, 2.24) is 14.3 Å². The van der Waals surface area contributed by atoms with E-state index in [1.165, 1.54) is 41.7 Å². The van der Waals surface area contributed by atoms with Crippen LogP contribution in [0.5, 0.6) is 5.75 Å². The van der Waals surface area contributed by atoms with Crippen LogP contribution in [0.15, 0.2) is 52.3 Å². The third kappa shape index (κ3) is 6.98. The molecule has 0 radical (unpaired) electrons. The standard InChI is InChI=1S/C24H31Cl2N3O7S2/c1-27-37(31,32)22-4-2-3-21(12-22)35-16-20(30)14-28-19-13-24(36-15-19)5-7-29(8-6-24)38(33,34)23-10-17(25)9-18(26)11-23/h2-4,9-12,19-20,27-28,30H,5-8,13-16H2,1H3/t19?,20-/m0/s1. The molecule has 2 aromatic rings. The molecular formula is C24H31Cl2N3O7S2. The van der Waals surface area contributed by atoms with E-state index >= 15 is 0 Å². The zero-order valence-corrected chi connectivity index (χ0v) is 23.9. The number of aliphatic hydroxyl groups is 1. The van der Waals surface area contributed by atoms with Gasteiger partial charge in [-0.25, -0.2) is 21.6 Å². The van der Waals surface area contributed by atoms with Crippen LogP contribution < -0.4 is 14.8 Å². The summed E-state index contributed by atoms with van der Waals surface area (Å²) in [6.45, 7) is 1.33. The summed E-state index contributed by atoms with van der Waals surface area (Å²) in [6, 6.07) is 10.3. The van der Waals surface area contributed by atoms with Crippen LogP contribution in [0.25, 0.3) is 0 Å². The summed E-state index contributed by atoms with van der Waals surface area (Å²) < 4.78 is 65.4. The number of sulfonamides is 2. The van der Waals surface area contributed by atoms with Gasteiger partial charge in [0.25, 0.3) is 0 Å². The van der Waals surface area contributed by atoms with E-state index in [9.17, 15) is 21.9 Å². The molecule has 2 heterocycles. The quantitative estimate of drug-likeness (QED) is 0.374. The molecular weight excluding hydrogens is 577 g/mol. The van der Waals surface area contributed by atoms with Gasteiger partial charge in [-0.3, -0.25) is 0 Å². The Bertz CT molecular complexity index is 1330. The number of hydrogen-bond donors (Lipinski definition) is 3. The van der Waals surface area contributed by atoms with Crippen LogP contribution in [0.3, 0.4) is 0 Å². The average Bonchev–Trinajstić information content (AvgIpc) is 3.28. The lowest BCUT2D eigenvalue weighted by Gasteiger charge is -2.38. The fourth-order valence-corrected chi connectivity index (χ4v) is 7.62. The first-order valence-electron chi connectivity index (χ1n) is 12.1. The number of aliphatic hydroxyl groups excluding tert-OH is 1. The van der Waals surface area contributed by atoms with Crippen molar-refractivity contribution in [1.29, 1.82) is 0 Å². The zero-order valence-electron chi connectivity index (χ0n) is 20.8. The minimum Gasteiger partial charge on any atom is -0.491 e. The largest absolute Gasteiger partial charge is 0.491 e. The lowest BCUT2D eigenvalue weighted by Crippen LogP contribution is -2.47. The molecule has 0 amide bonds. The molecule has 1 unspecified atom stereocenters. The highest BCUT2D eigenvalue weighted by Gasteiger charge is 2.44. The molecule has 3 N–H and O–H groups in total. The van der Waals surface area contributed by atoms with Gasteiger partial charge in [0.05, 0.1) is 22.0 Å². The highest BCUT2D eigenvalue weighted by molar-refractivity contribution is 7.89. The van der Waals surface area contributed by atoms with E-state index in [0.29, 0.717) is 44.7 Å². The molecule has 38 heavy (non-hydrogen) atoms. The normalized spacial score (nSPS) is 21.0. The summed E-state index contributed by atoms with van der Waals surface area (Å²) in [7, 11) is -5.98. The van der Waals surface area contributed by atoms with Crippen molar-refractivity contribution in [2.45, 2.75) is 46.8 Å². The van der Waals surface area contributed by atoms with Gasteiger partial charge in [-0.1, -0.05) is 29.3 Å². The first-order chi connectivity index (χ1) is 17.9. The first kappa shape index (κ1) is 29.5. The molecule has 2 saturated heterocycles. The Labute approximate surface area is 233 Å². The second-order valence-electron chi connectivity index (χ2n) is 9.46. The second-order valence-corrected chi connectivity index (χ2v) is 14.2. The molecule has 10 nitrogen and oxygen atoms in total. The predicted molar refractivity (Wildman–Crippen MR) is 144 cm³/mol. The highest BCUT2D eigenvalue weighted by Crippen LogP contribution is 2.37. The monoisotopic (exact) mass is 607 g/mol. The summed E-state index contributed by atoms with van der Waals surface area (Å²) in [5.74, 6) is 0.338. The van der Waals surface area contributed by atoms with Crippen molar-refractivity contribution in [2.75, 3.05) is 39.9 Å². The second kappa shape index (κ2) is 11.9. The molecule has 14 heteroatoms. The summed E-state index contributed by atoms with van der Waals surface area (Å²) in [4.78, 5) is 0.151. The van der Waals surface area contributed by atoms with Gasteiger partial charge in [-0.05, 0) is 56.6 Å². The smallest absolute Gasteiger partial charge is 0.243 e. The third-order valence-corrected chi connectivity index (χ3v) is 10.5. The Hall–Kier alpha value is -1.48. The molecule has 0 saturated carbocycles. The average molecular weight is 609 g/mol. The van der Waals surface area contributed by atoms with Crippen molar-refractivity contribution < 1.29 is 31.4 Å². The van der Waals surface area contributed by atoms with E-state index in [1.807, 2.05) is 0 Å². The van der Waals surface area contributed by atoms with Gasteiger partial charge in [0.2, 0.25) is 20.0 Å². The number of benzene rings is 2. The Kier molecular flexibility index (Phi) is 9.28. The molecule has 2 atom stereocenters. The van der Waals surface area contributed by atoms with Gasteiger partial charge in [0, 0.05) is 41.8 Å². The van der Waals surface area contributed by atoms with Crippen LogP contribution in [-0.2, 0) is 24.8 Å². The minimum atomic E-state index is -3.72. The van der Waals surface area contributed by atoms with Crippen LogP contribution in [0.1, 0.15) is 19.3 Å². The summed E-state index contributed by atoms with van der Waals surface area (Å²) >= 11 is 12.0. The minimum absolute atomic E-state index is 0.00337. The van der Waals surface area contributed by atoms with E-state index in [4.69, 9.17) is 32.7 Å². The van der Waals surface area contributed by atoms with E-state index in [0.717, 1.165) is 0 Å². The Morgan fingerprint density at radius 3 is 2.45 bits per heavy atom. The maximum Gasteiger partial charge on any atom is 0.243 e. The van der Waals surface area contributed by atoms with Gasteiger partial charge >= 0.3 is 0 Å². The molecule has 2 fully saturated rings. The molecule has 0 bridgehead atoms. The van der Waals surface area contributed by atoms with Crippen LogP contribution in [0.2, 0.25) is 10.0 Å². The number of nitrogens with zero attached hydrogens (tertiary/aromatic N) is 1. The van der Waals surface area contributed by atoms with Gasteiger partial charge in [0.1, 0.15) is 18.5 Å². The van der Waals surface area contributed by atoms with E-state index in [-0.39, 0.29) is 39.0 Å². The molecule has 0 aliphatic carbocycles. The third-order valence-electron chi connectivity index (χ3n) is 6.79. The maximum atomic E-state index is 13.1. The maximum absolute atomic E-state index is 13.1. The van der Waals surface area contributed by atoms with Gasteiger partial charge < -0.3 is 19.9 Å². The van der Waals surface area contributed by atoms with Crippen molar-refractivity contribution in [2.24, 2.45) is 0 Å². The molecule has 2 aromatic carbocycles. The van der Waals surface area contributed by atoms with Crippen LogP contribution >= 0.6 is 23.2 Å². The fourth-order valence-electron chi connectivity index (χ4n) is 4.69. The number of nitrogens with one attached hydrogen (secondary N) is 2. The molecule has 0 aromatic heterocycles. The SMILES string of the molecule is CNS(=O)(=O)c1cccc(OC[C@@H](O)CNC2COC3(CCN(S(=O)(=O)c4cc(Cl)cc(Cl)c4)CC3)C2)c1. The Morgan fingerprint density at radius 1 is 1.11 bits per heavy atom. The Balaban J connectivity index is 1.24. The van der Waals surface area contributed by atoms with Crippen molar-refractivity contribution >= 4 is 43.2 Å². The number of hydrogen-bond acceptors (Lipinski definition) is 8. The lowest BCUT2D eigenvalue weighted by atomic mass is 9.88. The summed E-state index contributed by atoms with van der Waals surface area (Å²) in [6.07, 6.45) is 0.973. The lowest BCUT2D eigenvalue weighted by molar-refractivity contribution is -0.0312. The number of ether oxygens (including phenoxy) is 2. The summed E-state index contributed by atoms with van der Waals surface area (Å²) in [5, 5.41) is 14.2. The number of rotatable bonds is 10. The van der Waals surface area contributed by atoms with Crippen LogP contribution in [-0.4, -0.2) is 83.9 Å². The number of halogens is 2. The number of piperidine rings is 1. The predicted octanol–water partition coefficient (Wildman–Crippen LogP) is 2.24. The van der Waals surface area contributed by atoms with Crippen molar-refractivity contribution in [3.63, 3.8) is 0 Å². The highest BCUT2D eigenvalue weighted by atomic mass is 35.5. The van der Waals surface area contributed by atoms with Crippen LogP contribution in [0, 0.1) is 0 Å². The van der Waals surface area contributed by atoms with E-state index in [1.54, 1.807) is 12.1 Å². The molecule has 2 aliphatic rings.